The minimum atomic E-state index is -0.455. The summed E-state index contributed by atoms with van der Waals surface area (Å²) in [5, 5.41) is 13.9. The Morgan fingerprint density at radius 2 is 1.97 bits per heavy atom. The topological polar surface area (TPSA) is 87.6 Å². The molecule has 4 rings (SSSR count). The van der Waals surface area contributed by atoms with Crippen molar-refractivity contribution < 1.29 is 14.6 Å². The van der Waals surface area contributed by atoms with Gasteiger partial charge in [0.1, 0.15) is 11.6 Å². The van der Waals surface area contributed by atoms with Gasteiger partial charge in [0.15, 0.2) is 0 Å². The zero-order valence-electron chi connectivity index (χ0n) is 16.7. The standard InChI is InChI=1S/C22H28N4O3/c1-2-9-29-18-5-3-15(4-6-18)22(28)26-13-16-10-19(20(27)11-17(16)14-26)25-21-12-23-7-8-24-21/h3-8,12,16-17,19-20,27H,2,9-11,13-14H2,1H3,(H,24,25)/t16-,17+,19-,20-/m1/s1. The maximum atomic E-state index is 13.0. The van der Waals surface area contributed by atoms with E-state index >= 15 is 0 Å². The largest absolute Gasteiger partial charge is 0.494 e. The second kappa shape index (κ2) is 8.78. The molecule has 4 atom stereocenters. The van der Waals surface area contributed by atoms with E-state index in [4.69, 9.17) is 4.74 Å². The molecule has 1 aromatic heterocycles. The Bertz CT molecular complexity index is 815. The van der Waals surface area contributed by atoms with Crippen molar-refractivity contribution in [2.24, 2.45) is 11.8 Å². The van der Waals surface area contributed by atoms with Gasteiger partial charge in [-0.05, 0) is 55.4 Å². The normalized spacial score (nSPS) is 26.1. The second-order valence-electron chi connectivity index (χ2n) is 7.98. The highest BCUT2D eigenvalue weighted by Gasteiger charge is 2.43. The summed E-state index contributed by atoms with van der Waals surface area (Å²) in [6.07, 6.45) is 6.93. The highest BCUT2D eigenvalue weighted by Crippen LogP contribution is 2.38. The molecule has 2 aromatic rings. The number of rotatable bonds is 6. The molecule has 1 saturated carbocycles. The average molecular weight is 396 g/mol. The fourth-order valence-electron chi connectivity index (χ4n) is 4.41. The molecule has 29 heavy (non-hydrogen) atoms. The van der Waals surface area contributed by atoms with Crippen LogP contribution in [0.25, 0.3) is 0 Å². The van der Waals surface area contributed by atoms with E-state index < -0.39 is 6.10 Å². The minimum Gasteiger partial charge on any atom is -0.494 e. The number of aliphatic hydroxyl groups is 1. The minimum absolute atomic E-state index is 0.0503. The lowest BCUT2D eigenvalue weighted by molar-refractivity contribution is 0.0727. The molecule has 1 aliphatic carbocycles. The number of nitrogens with zero attached hydrogens (tertiary/aromatic N) is 3. The SMILES string of the molecule is CCCOc1ccc(C(=O)N2C[C@H]3C[C@@H](Nc4cnccn4)[C@H](O)C[C@H]3C2)cc1. The third kappa shape index (κ3) is 4.50. The molecule has 1 amide bonds. The molecule has 2 N–H and O–H groups in total. The molecular formula is C22H28N4O3. The Morgan fingerprint density at radius 1 is 1.21 bits per heavy atom. The quantitative estimate of drug-likeness (QED) is 0.780. The first kappa shape index (κ1) is 19.6. The molecule has 0 radical (unpaired) electrons. The number of carbonyl (C=O) groups is 1. The summed E-state index contributed by atoms with van der Waals surface area (Å²) < 4.78 is 5.60. The zero-order valence-corrected chi connectivity index (χ0v) is 16.7. The lowest BCUT2D eigenvalue weighted by atomic mass is 9.77. The number of anilines is 1. The highest BCUT2D eigenvalue weighted by atomic mass is 16.5. The number of fused-ring (bicyclic) bond motifs is 1. The van der Waals surface area contributed by atoms with Gasteiger partial charge in [0.2, 0.25) is 0 Å². The first-order valence-corrected chi connectivity index (χ1v) is 10.4. The third-order valence-electron chi connectivity index (χ3n) is 5.90. The Morgan fingerprint density at radius 3 is 2.66 bits per heavy atom. The van der Waals surface area contributed by atoms with Gasteiger partial charge in [-0.2, -0.15) is 0 Å². The molecule has 154 valence electrons. The number of benzene rings is 1. The first-order chi connectivity index (χ1) is 14.1. The number of carbonyl (C=O) groups excluding carboxylic acids is 1. The van der Waals surface area contributed by atoms with Crippen molar-refractivity contribution in [3.8, 4) is 5.75 Å². The summed E-state index contributed by atoms with van der Waals surface area (Å²) in [6, 6.07) is 7.32. The van der Waals surface area contributed by atoms with Crippen LogP contribution in [-0.4, -0.2) is 57.7 Å². The summed E-state index contributed by atoms with van der Waals surface area (Å²) >= 11 is 0. The Hall–Kier alpha value is -2.67. The van der Waals surface area contributed by atoms with Crippen molar-refractivity contribution >= 4 is 11.7 Å². The number of aliphatic hydroxyl groups excluding tert-OH is 1. The van der Waals surface area contributed by atoms with Crippen LogP contribution in [0.15, 0.2) is 42.9 Å². The van der Waals surface area contributed by atoms with Crippen LogP contribution in [0.3, 0.4) is 0 Å². The van der Waals surface area contributed by atoms with Gasteiger partial charge in [0.25, 0.3) is 5.91 Å². The van der Waals surface area contributed by atoms with Crippen LogP contribution in [-0.2, 0) is 0 Å². The van der Waals surface area contributed by atoms with Gasteiger partial charge < -0.3 is 20.1 Å². The van der Waals surface area contributed by atoms with Crippen molar-refractivity contribution in [3.63, 3.8) is 0 Å². The number of nitrogens with one attached hydrogen (secondary N) is 1. The van der Waals surface area contributed by atoms with Crippen molar-refractivity contribution in [3.05, 3.63) is 48.4 Å². The van der Waals surface area contributed by atoms with Crippen LogP contribution in [0.4, 0.5) is 5.82 Å². The van der Waals surface area contributed by atoms with Crippen LogP contribution in [0.5, 0.6) is 5.75 Å². The van der Waals surface area contributed by atoms with Gasteiger partial charge in [0, 0.05) is 31.0 Å². The Balaban J connectivity index is 1.37. The van der Waals surface area contributed by atoms with Crippen LogP contribution in [0.2, 0.25) is 0 Å². The van der Waals surface area contributed by atoms with E-state index in [-0.39, 0.29) is 11.9 Å². The molecule has 2 fully saturated rings. The second-order valence-corrected chi connectivity index (χ2v) is 7.98. The Labute approximate surface area is 171 Å². The molecule has 0 spiro atoms. The predicted molar refractivity (Wildman–Crippen MR) is 110 cm³/mol. The lowest BCUT2D eigenvalue weighted by Gasteiger charge is -2.35. The van der Waals surface area contributed by atoms with Crippen molar-refractivity contribution in [2.45, 2.75) is 38.3 Å². The van der Waals surface area contributed by atoms with E-state index in [2.05, 4.69) is 22.2 Å². The van der Waals surface area contributed by atoms with E-state index in [0.29, 0.717) is 42.8 Å². The molecule has 7 heteroatoms. The van der Waals surface area contributed by atoms with Crippen LogP contribution in [0, 0.1) is 11.8 Å². The molecular weight excluding hydrogens is 368 g/mol. The van der Waals surface area contributed by atoms with Crippen molar-refractivity contribution in [1.29, 1.82) is 0 Å². The molecule has 1 saturated heterocycles. The van der Waals surface area contributed by atoms with E-state index in [0.717, 1.165) is 25.1 Å². The summed E-state index contributed by atoms with van der Waals surface area (Å²) in [6.45, 7) is 4.17. The van der Waals surface area contributed by atoms with Gasteiger partial charge in [-0.1, -0.05) is 6.92 Å². The van der Waals surface area contributed by atoms with E-state index in [1.165, 1.54) is 0 Å². The van der Waals surface area contributed by atoms with Gasteiger partial charge in [0.05, 0.1) is 24.9 Å². The first-order valence-electron chi connectivity index (χ1n) is 10.4. The number of amides is 1. The lowest BCUT2D eigenvalue weighted by Crippen LogP contribution is -2.43. The molecule has 1 aliphatic heterocycles. The molecule has 1 aromatic carbocycles. The summed E-state index contributed by atoms with van der Waals surface area (Å²) in [5.74, 6) is 2.23. The number of hydrogen-bond acceptors (Lipinski definition) is 6. The van der Waals surface area contributed by atoms with E-state index in [9.17, 15) is 9.90 Å². The third-order valence-corrected chi connectivity index (χ3v) is 5.90. The predicted octanol–water partition coefficient (Wildman–Crippen LogP) is 2.59. The number of ether oxygens (including phenoxy) is 1. The van der Waals surface area contributed by atoms with Crippen LogP contribution in [0.1, 0.15) is 36.5 Å². The summed E-state index contributed by atoms with van der Waals surface area (Å²) in [5.41, 5.74) is 0.683. The van der Waals surface area contributed by atoms with E-state index in [1.807, 2.05) is 29.2 Å². The molecule has 2 heterocycles. The van der Waals surface area contributed by atoms with Crippen LogP contribution >= 0.6 is 0 Å². The fourth-order valence-corrected chi connectivity index (χ4v) is 4.41. The maximum absolute atomic E-state index is 13.0. The smallest absolute Gasteiger partial charge is 0.253 e. The summed E-state index contributed by atoms with van der Waals surface area (Å²) in [7, 11) is 0. The summed E-state index contributed by atoms with van der Waals surface area (Å²) in [4.78, 5) is 23.2. The monoisotopic (exact) mass is 396 g/mol. The van der Waals surface area contributed by atoms with Gasteiger partial charge in [-0.3, -0.25) is 9.78 Å². The van der Waals surface area contributed by atoms with Gasteiger partial charge in [-0.15, -0.1) is 0 Å². The van der Waals surface area contributed by atoms with Gasteiger partial charge in [-0.25, -0.2) is 4.98 Å². The van der Waals surface area contributed by atoms with Crippen molar-refractivity contribution in [2.75, 3.05) is 25.0 Å². The fraction of sp³-hybridized carbons (Fsp3) is 0.500. The molecule has 0 unspecified atom stereocenters. The number of aromatic nitrogens is 2. The molecule has 2 aliphatic rings. The zero-order chi connectivity index (χ0) is 20.2. The molecule has 7 nitrogen and oxygen atoms in total. The maximum Gasteiger partial charge on any atom is 0.253 e. The number of likely N-dealkylation sites (tertiary alicyclic amines) is 1. The van der Waals surface area contributed by atoms with E-state index in [1.54, 1.807) is 18.6 Å². The average Bonchev–Trinajstić information content (AvgIpc) is 3.16. The Kier molecular flexibility index (Phi) is 5.94. The number of hydrogen-bond donors (Lipinski definition) is 2. The van der Waals surface area contributed by atoms with Gasteiger partial charge >= 0.3 is 0 Å². The van der Waals surface area contributed by atoms with Crippen LogP contribution < -0.4 is 10.1 Å². The molecule has 0 bridgehead atoms. The van der Waals surface area contributed by atoms with Crippen molar-refractivity contribution in [1.82, 2.24) is 14.9 Å². The highest BCUT2D eigenvalue weighted by molar-refractivity contribution is 5.94.